The fourth-order valence-electron chi connectivity index (χ4n) is 2.59. The molecule has 0 aliphatic carbocycles. The molecule has 1 aromatic carbocycles. The molecule has 6 heteroatoms. The molecule has 0 radical (unpaired) electrons. The van der Waals surface area contributed by atoms with Crippen molar-refractivity contribution in [2.24, 2.45) is 0 Å². The molecule has 1 aliphatic rings. The number of hydrogen-bond donors (Lipinski definition) is 0. The number of carbonyl (C=O) groups is 1. The van der Waals surface area contributed by atoms with Crippen molar-refractivity contribution in [1.82, 2.24) is 19.7 Å². The summed E-state index contributed by atoms with van der Waals surface area (Å²) in [5, 5.41) is 4.08. The van der Waals surface area contributed by atoms with Crippen LogP contribution in [0.4, 0.5) is 0 Å². The Hall–Kier alpha value is -2.21. The second kappa shape index (κ2) is 6.70. The minimum Gasteiger partial charge on any atom is -0.375 e. The van der Waals surface area contributed by atoms with Gasteiger partial charge in [-0.05, 0) is 24.1 Å². The van der Waals surface area contributed by atoms with Gasteiger partial charge in [0.1, 0.15) is 12.7 Å². The minimum absolute atomic E-state index is 0.0778. The Kier molecular flexibility index (Phi) is 4.48. The van der Waals surface area contributed by atoms with E-state index in [0.29, 0.717) is 26.2 Å². The van der Waals surface area contributed by atoms with Crippen LogP contribution < -0.4 is 0 Å². The molecule has 22 heavy (non-hydrogen) atoms. The highest BCUT2D eigenvalue weighted by Gasteiger charge is 2.23. The number of aromatic nitrogens is 3. The van der Waals surface area contributed by atoms with E-state index >= 15 is 0 Å². The van der Waals surface area contributed by atoms with Gasteiger partial charge in [-0.25, -0.2) is 9.67 Å². The van der Waals surface area contributed by atoms with Gasteiger partial charge in [-0.2, -0.15) is 5.10 Å². The highest BCUT2D eigenvalue weighted by atomic mass is 16.5. The van der Waals surface area contributed by atoms with E-state index in [9.17, 15) is 4.79 Å². The second-order valence-electron chi connectivity index (χ2n) is 5.44. The molecule has 1 saturated heterocycles. The lowest BCUT2D eigenvalue weighted by Crippen LogP contribution is -2.45. The third-order valence-electron chi connectivity index (χ3n) is 3.89. The van der Waals surface area contributed by atoms with Gasteiger partial charge in [0.25, 0.3) is 5.91 Å². The maximum atomic E-state index is 12.5. The summed E-state index contributed by atoms with van der Waals surface area (Å²) in [6, 6.07) is 7.69. The lowest BCUT2D eigenvalue weighted by Gasteiger charge is -2.32. The molecule has 2 heterocycles. The first-order valence-electron chi connectivity index (χ1n) is 7.58. The largest absolute Gasteiger partial charge is 0.375 e. The molecule has 0 spiro atoms. The Bertz CT molecular complexity index is 610. The van der Waals surface area contributed by atoms with Gasteiger partial charge in [-0.15, -0.1) is 0 Å². The predicted molar refractivity (Wildman–Crippen MR) is 81.5 cm³/mol. The number of nitrogens with zero attached hydrogens (tertiary/aromatic N) is 4. The van der Waals surface area contributed by atoms with Crippen LogP contribution in [0.3, 0.4) is 0 Å². The molecule has 1 unspecified atom stereocenters. The monoisotopic (exact) mass is 300 g/mol. The molecule has 3 rings (SSSR count). The van der Waals surface area contributed by atoms with Gasteiger partial charge in [0.15, 0.2) is 0 Å². The van der Waals surface area contributed by atoms with Crippen LogP contribution in [0.2, 0.25) is 0 Å². The first kappa shape index (κ1) is 14.7. The quantitative estimate of drug-likeness (QED) is 0.860. The lowest BCUT2D eigenvalue weighted by atomic mass is 10.1. The fraction of sp³-hybridized carbons (Fsp3) is 0.438. The average molecular weight is 300 g/mol. The number of carbonyl (C=O) groups excluding carboxylic acids is 1. The molecule has 116 valence electrons. The Morgan fingerprint density at radius 2 is 2.18 bits per heavy atom. The van der Waals surface area contributed by atoms with E-state index in [-0.39, 0.29) is 12.0 Å². The Labute approximate surface area is 129 Å². The summed E-state index contributed by atoms with van der Waals surface area (Å²) < 4.78 is 7.37. The molecule has 2 aromatic rings. The molecule has 6 nitrogen and oxygen atoms in total. The Morgan fingerprint density at radius 3 is 2.86 bits per heavy atom. The minimum atomic E-state index is 0.0778. The molecule has 0 bridgehead atoms. The molecule has 1 fully saturated rings. The first-order chi connectivity index (χ1) is 10.8. The van der Waals surface area contributed by atoms with Gasteiger partial charge >= 0.3 is 0 Å². The van der Waals surface area contributed by atoms with Crippen molar-refractivity contribution in [3.05, 3.63) is 48.0 Å². The van der Waals surface area contributed by atoms with E-state index in [0.717, 1.165) is 17.5 Å². The van der Waals surface area contributed by atoms with E-state index in [1.165, 1.54) is 6.33 Å². The van der Waals surface area contributed by atoms with E-state index in [1.54, 1.807) is 11.0 Å². The number of benzene rings is 1. The summed E-state index contributed by atoms with van der Waals surface area (Å²) in [4.78, 5) is 18.3. The summed E-state index contributed by atoms with van der Waals surface area (Å²) >= 11 is 0. The van der Waals surface area contributed by atoms with Gasteiger partial charge in [0, 0.05) is 18.7 Å². The van der Waals surface area contributed by atoms with Gasteiger partial charge in [0.2, 0.25) is 0 Å². The third-order valence-corrected chi connectivity index (χ3v) is 3.89. The van der Waals surface area contributed by atoms with Crippen molar-refractivity contribution in [3.8, 4) is 0 Å². The zero-order chi connectivity index (χ0) is 15.4. The summed E-state index contributed by atoms with van der Waals surface area (Å²) in [5.41, 5.74) is 1.81. The SMILES string of the molecule is CCC1CN(C(=O)c2ccc(Cn3cncn3)cc2)CCO1. The van der Waals surface area contributed by atoms with Crippen LogP contribution >= 0.6 is 0 Å². The fourth-order valence-corrected chi connectivity index (χ4v) is 2.59. The van der Waals surface area contributed by atoms with Crippen molar-refractivity contribution in [1.29, 1.82) is 0 Å². The van der Waals surface area contributed by atoms with Crippen LogP contribution in [-0.4, -0.2) is 51.4 Å². The molecule has 1 amide bonds. The molecule has 1 atom stereocenters. The maximum Gasteiger partial charge on any atom is 0.254 e. The van der Waals surface area contributed by atoms with Crippen molar-refractivity contribution in [2.75, 3.05) is 19.7 Å². The zero-order valence-corrected chi connectivity index (χ0v) is 12.7. The highest BCUT2D eigenvalue weighted by Crippen LogP contribution is 2.13. The van der Waals surface area contributed by atoms with Crippen LogP contribution in [-0.2, 0) is 11.3 Å². The summed E-state index contributed by atoms with van der Waals surface area (Å²) in [7, 11) is 0. The Morgan fingerprint density at radius 1 is 1.36 bits per heavy atom. The number of hydrogen-bond acceptors (Lipinski definition) is 4. The van der Waals surface area contributed by atoms with Gasteiger partial charge in [-0.1, -0.05) is 19.1 Å². The lowest BCUT2D eigenvalue weighted by molar-refractivity contribution is -0.0226. The maximum absolute atomic E-state index is 12.5. The molecule has 1 aromatic heterocycles. The van der Waals surface area contributed by atoms with E-state index in [1.807, 2.05) is 29.2 Å². The van der Waals surface area contributed by atoms with Crippen LogP contribution in [0.25, 0.3) is 0 Å². The highest BCUT2D eigenvalue weighted by molar-refractivity contribution is 5.94. The van der Waals surface area contributed by atoms with Crippen molar-refractivity contribution in [2.45, 2.75) is 26.0 Å². The van der Waals surface area contributed by atoms with Crippen LogP contribution in [0.5, 0.6) is 0 Å². The van der Waals surface area contributed by atoms with Crippen LogP contribution in [0.15, 0.2) is 36.9 Å². The summed E-state index contributed by atoms with van der Waals surface area (Å²) in [5.74, 6) is 0.0778. The number of amides is 1. The molecular formula is C16H20N4O2. The van der Waals surface area contributed by atoms with E-state index in [2.05, 4.69) is 17.0 Å². The predicted octanol–water partition coefficient (Wildman–Crippen LogP) is 1.58. The zero-order valence-electron chi connectivity index (χ0n) is 12.7. The van der Waals surface area contributed by atoms with Gasteiger partial charge in [0.05, 0.1) is 19.3 Å². The number of morpholine rings is 1. The molecular weight excluding hydrogens is 280 g/mol. The van der Waals surface area contributed by atoms with Gasteiger partial charge < -0.3 is 9.64 Å². The molecule has 0 N–H and O–H groups in total. The van der Waals surface area contributed by atoms with Crippen molar-refractivity contribution >= 4 is 5.91 Å². The van der Waals surface area contributed by atoms with Gasteiger partial charge in [-0.3, -0.25) is 4.79 Å². The van der Waals surface area contributed by atoms with Crippen molar-refractivity contribution < 1.29 is 9.53 Å². The summed E-state index contributed by atoms with van der Waals surface area (Å²) in [6.45, 7) is 4.70. The smallest absolute Gasteiger partial charge is 0.254 e. The topological polar surface area (TPSA) is 60.2 Å². The van der Waals surface area contributed by atoms with E-state index in [4.69, 9.17) is 4.74 Å². The van der Waals surface area contributed by atoms with Crippen LogP contribution in [0, 0.1) is 0 Å². The second-order valence-corrected chi connectivity index (χ2v) is 5.44. The van der Waals surface area contributed by atoms with E-state index < -0.39 is 0 Å². The number of ether oxygens (including phenoxy) is 1. The first-order valence-corrected chi connectivity index (χ1v) is 7.58. The molecule has 1 aliphatic heterocycles. The average Bonchev–Trinajstić information content (AvgIpc) is 3.08. The standard InChI is InChI=1S/C16H20N4O2/c1-2-15-10-19(7-8-22-15)16(21)14-5-3-13(4-6-14)9-20-12-17-11-18-20/h3-6,11-12,15H,2,7-10H2,1H3. The number of rotatable bonds is 4. The normalized spacial score (nSPS) is 18.4. The third kappa shape index (κ3) is 3.33. The van der Waals surface area contributed by atoms with Crippen molar-refractivity contribution in [3.63, 3.8) is 0 Å². The van der Waals surface area contributed by atoms with Crippen LogP contribution in [0.1, 0.15) is 29.3 Å². The molecule has 0 saturated carbocycles. The Balaban J connectivity index is 1.65. The summed E-state index contributed by atoms with van der Waals surface area (Å²) in [6.07, 6.45) is 4.28.